The van der Waals surface area contributed by atoms with Gasteiger partial charge in [0, 0.05) is 13.1 Å². The lowest BCUT2D eigenvalue weighted by molar-refractivity contribution is -0.0199. The Kier molecular flexibility index (Phi) is 3.09. The van der Waals surface area contributed by atoms with E-state index in [1.165, 1.54) is 0 Å². The van der Waals surface area contributed by atoms with Crippen molar-refractivity contribution in [2.75, 3.05) is 27.2 Å². The average molecular weight is 172 g/mol. The maximum Gasteiger partial charge on any atom is 0.110 e. The van der Waals surface area contributed by atoms with Crippen LogP contribution in [-0.4, -0.2) is 43.9 Å². The summed E-state index contributed by atoms with van der Waals surface area (Å²) in [7, 11) is 4.17. The van der Waals surface area contributed by atoms with Crippen LogP contribution in [0.4, 0.5) is 0 Å². The summed E-state index contributed by atoms with van der Waals surface area (Å²) < 4.78 is 5.76. The van der Waals surface area contributed by atoms with E-state index >= 15 is 0 Å². The minimum Gasteiger partial charge on any atom is -0.356 e. The molecule has 1 aliphatic rings. The van der Waals surface area contributed by atoms with Gasteiger partial charge in [0.15, 0.2) is 0 Å². The van der Waals surface area contributed by atoms with Crippen LogP contribution >= 0.6 is 0 Å². The molecular formula is C9H20N2O. The Bertz CT molecular complexity index is 145. The van der Waals surface area contributed by atoms with Crippen molar-refractivity contribution >= 4 is 0 Å². The summed E-state index contributed by atoms with van der Waals surface area (Å²) in [6, 6.07) is 0. The van der Waals surface area contributed by atoms with Crippen LogP contribution in [0.2, 0.25) is 0 Å². The number of nitrogens with zero attached hydrogens (tertiary/aromatic N) is 1. The summed E-state index contributed by atoms with van der Waals surface area (Å²) in [4.78, 5) is 2.18. The van der Waals surface area contributed by atoms with Crippen LogP contribution in [0.5, 0.6) is 0 Å². The fourth-order valence-electron chi connectivity index (χ4n) is 1.36. The second kappa shape index (κ2) is 3.73. The molecular weight excluding hydrogens is 152 g/mol. The van der Waals surface area contributed by atoms with Gasteiger partial charge in [-0.1, -0.05) is 0 Å². The molecule has 0 aromatic carbocycles. The molecule has 1 N–H and O–H groups in total. The molecule has 0 spiro atoms. The summed E-state index contributed by atoms with van der Waals surface area (Å²) >= 11 is 0. The van der Waals surface area contributed by atoms with Crippen molar-refractivity contribution in [1.82, 2.24) is 10.2 Å². The minimum atomic E-state index is 0.0248. The fourth-order valence-corrected chi connectivity index (χ4v) is 1.36. The number of hydrogen-bond donors (Lipinski definition) is 1. The Balaban J connectivity index is 2.20. The van der Waals surface area contributed by atoms with E-state index < -0.39 is 0 Å². The van der Waals surface area contributed by atoms with Gasteiger partial charge in [0.2, 0.25) is 0 Å². The van der Waals surface area contributed by atoms with Crippen LogP contribution in [0, 0.1) is 0 Å². The van der Waals surface area contributed by atoms with E-state index in [-0.39, 0.29) is 11.8 Å². The summed E-state index contributed by atoms with van der Waals surface area (Å²) in [5.41, 5.74) is 0.0248. The first kappa shape index (κ1) is 9.96. The molecule has 0 amide bonds. The van der Waals surface area contributed by atoms with Crippen LogP contribution in [-0.2, 0) is 4.74 Å². The maximum atomic E-state index is 5.76. The molecule has 0 bridgehead atoms. The third-order valence-electron chi connectivity index (χ3n) is 2.06. The Morgan fingerprint density at radius 1 is 1.50 bits per heavy atom. The Morgan fingerprint density at radius 3 is 2.58 bits per heavy atom. The second-order valence-corrected chi connectivity index (χ2v) is 4.34. The first-order valence-corrected chi connectivity index (χ1v) is 4.55. The zero-order valence-corrected chi connectivity index (χ0v) is 8.55. The highest BCUT2D eigenvalue weighted by Crippen LogP contribution is 2.18. The van der Waals surface area contributed by atoms with Gasteiger partial charge in [-0.25, -0.2) is 0 Å². The lowest BCUT2D eigenvalue weighted by Crippen LogP contribution is -2.27. The highest BCUT2D eigenvalue weighted by Gasteiger charge is 2.30. The quantitative estimate of drug-likeness (QED) is 0.677. The molecule has 12 heavy (non-hydrogen) atoms. The molecule has 1 atom stereocenters. The number of rotatable bonds is 3. The minimum absolute atomic E-state index is 0.0248. The van der Waals surface area contributed by atoms with E-state index in [1.807, 2.05) is 0 Å². The zero-order valence-electron chi connectivity index (χ0n) is 8.55. The van der Waals surface area contributed by atoms with Gasteiger partial charge < -0.3 is 9.64 Å². The Morgan fingerprint density at radius 2 is 2.17 bits per heavy atom. The molecule has 1 heterocycles. The van der Waals surface area contributed by atoms with Crippen molar-refractivity contribution in [2.45, 2.75) is 32.1 Å². The van der Waals surface area contributed by atoms with Gasteiger partial charge in [0.1, 0.15) is 6.23 Å². The smallest absolute Gasteiger partial charge is 0.110 e. The molecule has 1 aliphatic heterocycles. The monoisotopic (exact) mass is 172 g/mol. The third-order valence-corrected chi connectivity index (χ3v) is 2.06. The highest BCUT2D eigenvalue weighted by molar-refractivity contribution is 4.81. The lowest BCUT2D eigenvalue weighted by atomic mass is 10.1. The van der Waals surface area contributed by atoms with E-state index in [4.69, 9.17) is 4.74 Å². The number of nitrogens with one attached hydrogen (secondary N) is 1. The number of ether oxygens (including phenoxy) is 1. The number of hydrogen-bond acceptors (Lipinski definition) is 3. The van der Waals surface area contributed by atoms with E-state index in [2.05, 4.69) is 38.2 Å². The van der Waals surface area contributed by atoms with Crippen LogP contribution in [0.3, 0.4) is 0 Å². The predicted molar refractivity (Wildman–Crippen MR) is 50.1 cm³/mol. The van der Waals surface area contributed by atoms with Crippen LogP contribution in [0.15, 0.2) is 0 Å². The Hall–Kier alpha value is -0.120. The Labute approximate surface area is 75.1 Å². The van der Waals surface area contributed by atoms with Gasteiger partial charge >= 0.3 is 0 Å². The lowest BCUT2D eigenvalue weighted by Gasteiger charge is -2.18. The molecule has 3 heteroatoms. The van der Waals surface area contributed by atoms with Gasteiger partial charge in [-0.05, 0) is 34.4 Å². The first-order valence-electron chi connectivity index (χ1n) is 4.55. The third kappa shape index (κ3) is 3.09. The van der Waals surface area contributed by atoms with E-state index in [9.17, 15) is 0 Å². The molecule has 1 rings (SSSR count). The van der Waals surface area contributed by atoms with Crippen molar-refractivity contribution in [3.8, 4) is 0 Å². The van der Waals surface area contributed by atoms with Gasteiger partial charge in [0.05, 0.1) is 5.60 Å². The standard InChI is InChI=1S/C9H20N2O/c1-9(2)7-10-8(12-9)5-6-11(3)4/h8,10H,5-7H2,1-4H3. The molecule has 1 unspecified atom stereocenters. The summed E-state index contributed by atoms with van der Waals surface area (Å²) in [6.45, 7) is 6.28. The second-order valence-electron chi connectivity index (χ2n) is 4.34. The molecule has 0 radical (unpaired) electrons. The van der Waals surface area contributed by atoms with Crippen molar-refractivity contribution in [1.29, 1.82) is 0 Å². The van der Waals surface area contributed by atoms with Crippen molar-refractivity contribution < 1.29 is 4.74 Å². The topological polar surface area (TPSA) is 24.5 Å². The van der Waals surface area contributed by atoms with Crippen LogP contribution in [0.25, 0.3) is 0 Å². The first-order chi connectivity index (χ1) is 5.49. The molecule has 1 saturated heterocycles. The van der Waals surface area contributed by atoms with Gasteiger partial charge in [0.25, 0.3) is 0 Å². The molecule has 0 saturated carbocycles. The molecule has 72 valence electrons. The van der Waals surface area contributed by atoms with E-state index in [1.54, 1.807) is 0 Å². The summed E-state index contributed by atoms with van der Waals surface area (Å²) in [5, 5.41) is 3.35. The van der Waals surface area contributed by atoms with Gasteiger partial charge in [-0.3, -0.25) is 5.32 Å². The SMILES string of the molecule is CN(C)CCC1NCC(C)(C)O1. The molecule has 0 aromatic heterocycles. The maximum absolute atomic E-state index is 5.76. The molecule has 0 aromatic rings. The molecule has 0 aliphatic carbocycles. The van der Waals surface area contributed by atoms with E-state index in [0.29, 0.717) is 0 Å². The van der Waals surface area contributed by atoms with Crippen LogP contribution in [0.1, 0.15) is 20.3 Å². The predicted octanol–water partition coefficient (Wildman–Crippen LogP) is 0.663. The summed E-state index contributed by atoms with van der Waals surface area (Å²) in [5.74, 6) is 0. The van der Waals surface area contributed by atoms with Gasteiger partial charge in [-0.2, -0.15) is 0 Å². The highest BCUT2D eigenvalue weighted by atomic mass is 16.5. The zero-order chi connectivity index (χ0) is 9.19. The molecule has 3 nitrogen and oxygen atoms in total. The summed E-state index contributed by atoms with van der Waals surface area (Å²) in [6.07, 6.45) is 1.32. The molecule has 1 fully saturated rings. The van der Waals surface area contributed by atoms with Crippen LogP contribution < -0.4 is 5.32 Å². The van der Waals surface area contributed by atoms with E-state index in [0.717, 1.165) is 19.5 Å². The largest absolute Gasteiger partial charge is 0.356 e. The van der Waals surface area contributed by atoms with Crippen molar-refractivity contribution in [2.24, 2.45) is 0 Å². The fraction of sp³-hybridized carbons (Fsp3) is 1.00. The van der Waals surface area contributed by atoms with Crippen molar-refractivity contribution in [3.05, 3.63) is 0 Å². The van der Waals surface area contributed by atoms with Gasteiger partial charge in [-0.15, -0.1) is 0 Å². The van der Waals surface area contributed by atoms with Crippen molar-refractivity contribution in [3.63, 3.8) is 0 Å². The average Bonchev–Trinajstić information content (AvgIpc) is 2.26. The normalized spacial score (nSPS) is 28.2.